The predicted molar refractivity (Wildman–Crippen MR) is 306 cm³/mol. The highest BCUT2D eigenvalue weighted by Crippen LogP contribution is 2.16. The number of esters is 1. The van der Waals surface area contributed by atoms with Crippen LogP contribution in [0.3, 0.4) is 0 Å². The number of unbranched alkanes of at least 4 members (excludes halogenated alkanes) is 40. The minimum atomic E-state index is -0.845. The van der Waals surface area contributed by atoms with E-state index >= 15 is 0 Å². The highest BCUT2D eigenvalue weighted by molar-refractivity contribution is 5.76. The van der Waals surface area contributed by atoms with Crippen molar-refractivity contribution in [1.82, 2.24) is 5.32 Å². The summed E-state index contributed by atoms with van der Waals surface area (Å²) < 4.78 is 5.49. The Kier molecular flexibility index (Phi) is 57.5. The Balaban J connectivity index is 3.40. The Morgan fingerprint density at radius 2 is 0.714 bits per heavy atom. The minimum absolute atomic E-state index is 0.00646. The third kappa shape index (κ3) is 55.1. The first-order chi connectivity index (χ1) is 34.5. The molecule has 3 N–H and O–H groups in total. The smallest absolute Gasteiger partial charge is 0.305 e. The lowest BCUT2D eigenvalue weighted by Crippen LogP contribution is -2.45. The molecule has 0 aromatic carbocycles. The Morgan fingerprint density at radius 1 is 0.400 bits per heavy atom. The first-order valence-corrected chi connectivity index (χ1v) is 30.9. The van der Waals surface area contributed by atoms with Crippen LogP contribution in [0, 0.1) is 0 Å². The molecule has 0 fully saturated rings. The number of carbonyl (C=O) groups excluding carboxylic acids is 2. The molecule has 0 bridgehead atoms. The van der Waals surface area contributed by atoms with Crippen molar-refractivity contribution < 1.29 is 24.5 Å². The van der Waals surface area contributed by atoms with Gasteiger partial charge in [0.25, 0.3) is 0 Å². The van der Waals surface area contributed by atoms with Crippen molar-refractivity contribution >= 4 is 11.9 Å². The molecule has 410 valence electrons. The van der Waals surface area contributed by atoms with E-state index in [0.717, 1.165) is 51.4 Å². The van der Waals surface area contributed by atoms with E-state index < -0.39 is 12.1 Å². The van der Waals surface area contributed by atoms with Crippen LogP contribution >= 0.6 is 0 Å². The van der Waals surface area contributed by atoms with Crippen molar-refractivity contribution in [3.05, 3.63) is 48.6 Å². The maximum atomic E-state index is 12.4. The molecule has 0 aliphatic heterocycles. The van der Waals surface area contributed by atoms with Crippen molar-refractivity contribution in [1.29, 1.82) is 0 Å². The van der Waals surface area contributed by atoms with Gasteiger partial charge in [0.2, 0.25) is 5.91 Å². The highest BCUT2D eigenvalue weighted by atomic mass is 16.5. The summed E-state index contributed by atoms with van der Waals surface area (Å²) in [5.41, 5.74) is 0. The molecule has 0 saturated heterocycles. The van der Waals surface area contributed by atoms with Gasteiger partial charge in [-0.05, 0) is 89.9 Å². The third-order valence-corrected chi connectivity index (χ3v) is 14.1. The molecule has 0 radical (unpaired) electrons. The molecule has 0 rings (SSSR count). The van der Waals surface area contributed by atoms with Gasteiger partial charge in [-0.3, -0.25) is 9.59 Å². The average molecular weight is 983 g/mol. The van der Waals surface area contributed by atoms with Gasteiger partial charge in [-0.15, -0.1) is 0 Å². The second-order valence-corrected chi connectivity index (χ2v) is 21.0. The van der Waals surface area contributed by atoms with E-state index in [1.165, 1.54) is 244 Å². The zero-order valence-corrected chi connectivity index (χ0v) is 46.7. The van der Waals surface area contributed by atoms with E-state index in [2.05, 4.69) is 55.6 Å². The maximum Gasteiger partial charge on any atom is 0.305 e. The van der Waals surface area contributed by atoms with Gasteiger partial charge in [0.05, 0.1) is 25.4 Å². The lowest BCUT2D eigenvalue weighted by molar-refractivity contribution is -0.143. The van der Waals surface area contributed by atoms with E-state index in [1.54, 1.807) is 6.08 Å². The van der Waals surface area contributed by atoms with Crippen molar-refractivity contribution in [3.63, 3.8) is 0 Å². The topological polar surface area (TPSA) is 95.9 Å². The molecule has 0 heterocycles. The quantitative estimate of drug-likeness (QED) is 0.0321. The minimum Gasteiger partial charge on any atom is -0.466 e. The molecule has 0 spiro atoms. The van der Waals surface area contributed by atoms with Crippen LogP contribution in [0.25, 0.3) is 0 Å². The van der Waals surface area contributed by atoms with E-state index in [0.29, 0.717) is 19.4 Å². The Morgan fingerprint density at radius 3 is 1.10 bits per heavy atom. The zero-order chi connectivity index (χ0) is 50.7. The summed E-state index contributed by atoms with van der Waals surface area (Å²) in [6.07, 6.45) is 75.9. The molecule has 6 heteroatoms. The maximum absolute atomic E-state index is 12.4. The van der Waals surface area contributed by atoms with Crippen LogP contribution in [0.5, 0.6) is 0 Å². The number of rotatable bonds is 57. The van der Waals surface area contributed by atoms with Gasteiger partial charge in [0.1, 0.15) is 0 Å². The van der Waals surface area contributed by atoms with Crippen molar-refractivity contribution in [2.45, 2.75) is 334 Å². The second-order valence-electron chi connectivity index (χ2n) is 21.0. The van der Waals surface area contributed by atoms with Crippen LogP contribution in [-0.2, 0) is 14.3 Å². The molecule has 2 atom stereocenters. The number of nitrogens with one attached hydrogen (secondary N) is 1. The summed E-state index contributed by atoms with van der Waals surface area (Å²) in [5, 5.41) is 22.9. The van der Waals surface area contributed by atoms with E-state index in [4.69, 9.17) is 4.74 Å². The predicted octanol–water partition coefficient (Wildman–Crippen LogP) is 19.4. The van der Waals surface area contributed by atoms with Crippen LogP contribution in [0.15, 0.2) is 48.6 Å². The number of aliphatic hydroxyl groups excluding tert-OH is 2. The van der Waals surface area contributed by atoms with Crippen LogP contribution in [0.2, 0.25) is 0 Å². The summed E-state index contributed by atoms with van der Waals surface area (Å²) in [6.45, 7) is 4.87. The van der Waals surface area contributed by atoms with Crippen molar-refractivity contribution in [3.8, 4) is 0 Å². The summed E-state index contributed by atoms with van der Waals surface area (Å²) in [7, 11) is 0. The van der Waals surface area contributed by atoms with Gasteiger partial charge in [0, 0.05) is 12.8 Å². The normalized spacial score (nSPS) is 12.9. The average Bonchev–Trinajstić information content (AvgIpc) is 3.36. The fourth-order valence-electron chi connectivity index (χ4n) is 9.31. The summed E-state index contributed by atoms with van der Waals surface area (Å²) in [4.78, 5) is 24.5. The number of carbonyl (C=O) groups is 2. The molecule has 0 aliphatic rings. The Hall–Kier alpha value is -2.18. The number of ether oxygens (including phenoxy) is 1. The largest absolute Gasteiger partial charge is 0.466 e. The van der Waals surface area contributed by atoms with Crippen LogP contribution < -0.4 is 5.32 Å². The van der Waals surface area contributed by atoms with E-state index in [-0.39, 0.29) is 18.5 Å². The molecule has 2 unspecified atom stereocenters. The SMILES string of the molecule is CCCCCCCC/C=C\CCCCCCCCCC(=O)OCCCCCCCCCCC/C=C\C/C=C\CCCCCCCCCCCCCC(=O)NC(CO)C(O)/C=C/CCCCCCCCC. The van der Waals surface area contributed by atoms with Gasteiger partial charge in [0.15, 0.2) is 0 Å². The van der Waals surface area contributed by atoms with Gasteiger partial charge in [-0.2, -0.15) is 0 Å². The van der Waals surface area contributed by atoms with Gasteiger partial charge in [-0.25, -0.2) is 0 Å². The van der Waals surface area contributed by atoms with E-state index in [9.17, 15) is 19.8 Å². The summed E-state index contributed by atoms with van der Waals surface area (Å²) in [5.74, 6) is -0.0676. The summed E-state index contributed by atoms with van der Waals surface area (Å²) >= 11 is 0. The molecule has 0 aromatic rings. The van der Waals surface area contributed by atoms with Crippen LogP contribution in [0.4, 0.5) is 0 Å². The first-order valence-electron chi connectivity index (χ1n) is 30.9. The molecular formula is C64H119NO5. The number of hydrogen-bond acceptors (Lipinski definition) is 5. The fraction of sp³-hybridized carbons (Fsp3) is 0.844. The molecule has 1 amide bonds. The molecule has 6 nitrogen and oxygen atoms in total. The number of allylic oxidation sites excluding steroid dienone is 7. The van der Waals surface area contributed by atoms with Crippen LogP contribution in [-0.4, -0.2) is 47.4 Å². The van der Waals surface area contributed by atoms with Gasteiger partial charge < -0.3 is 20.3 Å². The second kappa shape index (κ2) is 59.4. The fourth-order valence-corrected chi connectivity index (χ4v) is 9.31. The number of hydrogen-bond donors (Lipinski definition) is 3. The Bertz CT molecular complexity index is 1180. The monoisotopic (exact) mass is 982 g/mol. The number of aliphatic hydroxyl groups is 2. The van der Waals surface area contributed by atoms with Crippen LogP contribution in [0.1, 0.15) is 322 Å². The standard InChI is InChI=1S/C64H119NO5/c1-3-5-7-9-11-13-14-15-16-28-32-35-38-42-46-50-54-58-64(69)70-59-55-51-47-43-39-36-33-30-27-25-23-21-19-17-18-20-22-24-26-29-31-34-37-41-45-49-53-57-63(68)65-61(60-66)62(67)56-52-48-44-40-12-10-8-6-4-2/h15-18,21,23,52,56,61-62,66-67H,3-14,19-20,22,24-51,53-55,57-60H2,1-2H3,(H,65,68)/b16-15-,18-17-,23-21-,56-52+. The third-order valence-electron chi connectivity index (χ3n) is 14.1. The zero-order valence-electron chi connectivity index (χ0n) is 46.7. The lowest BCUT2D eigenvalue weighted by atomic mass is 10.0. The molecule has 0 aromatic heterocycles. The van der Waals surface area contributed by atoms with Gasteiger partial charge in [-0.1, -0.05) is 268 Å². The van der Waals surface area contributed by atoms with Crippen molar-refractivity contribution in [2.24, 2.45) is 0 Å². The lowest BCUT2D eigenvalue weighted by Gasteiger charge is -2.20. The van der Waals surface area contributed by atoms with Crippen molar-refractivity contribution in [2.75, 3.05) is 13.2 Å². The number of amides is 1. The molecular weight excluding hydrogens is 863 g/mol. The Labute approximate surface area is 436 Å². The molecule has 0 aliphatic carbocycles. The molecule has 70 heavy (non-hydrogen) atoms. The highest BCUT2D eigenvalue weighted by Gasteiger charge is 2.18. The van der Waals surface area contributed by atoms with Gasteiger partial charge >= 0.3 is 5.97 Å². The first kappa shape index (κ1) is 67.8. The molecule has 0 saturated carbocycles. The summed E-state index contributed by atoms with van der Waals surface area (Å²) in [6, 6.07) is -0.629. The van der Waals surface area contributed by atoms with E-state index in [1.807, 2.05) is 6.08 Å².